The van der Waals surface area contributed by atoms with Crippen molar-refractivity contribution in [3.05, 3.63) is 35.4 Å². The molecule has 6 nitrogen and oxygen atoms in total. The molecule has 0 bridgehead atoms. The van der Waals surface area contributed by atoms with Crippen LogP contribution in [0.1, 0.15) is 47.4 Å². The van der Waals surface area contributed by atoms with Crippen LogP contribution in [-0.4, -0.2) is 41.0 Å². The number of nitrogens with one attached hydrogen (secondary N) is 1. The van der Waals surface area contributed by atoms with Crippen LogP contribution >= 0.6 is 0 Å². The second-order valence-corrected chi connectivity index (χ2v) is 4.23. The minimum absolute atomic E-state index is 0.125. The molecule has 0 fully saturated rings. The molecule has 1 aliphatic rings. The van der Waals surface area contributed by atoms with Crippen molar-refractivity contribution >= 4 is 17.6 Å². The van der Waals surface area contributed by atoms with Crippen molar-refractivity contribution in [1.82, 2.24) is 5.32 Å². The molecule has 0 saturated heterocycles. The SMILES string of the molecule is CCCC(C)=O.O=C1NC(=O)c2ccccc21.OCCO. The number of carbonyl (C=O) groups is 3. The van der Waals surface area contributed by atoms with Gasteiger partial charge in [0.05, 0.1) is 24.3 Å². The number of aliphatic hydroxyl groups excluding tert-OH is 2. The van der Waals surface area contributed by atoms with Gasteiger partial charge in [0.25, 0.3) is 11.8 Å². The van der Waals surface area contributed by atoms with Gasteiger partial charge >= 0.3 is 0 Å². The topological polar surface area (TPSA) is 104 Å². The molecule has 2 rings (SSSR count). The first-order valence-electron chi connectivity index (χ1n) is 6.63. The van der Waals surface area contributed by atoms with Gasteiger partial charge in [-0.2, -0.15) is 0 Å². The third kappa shape index (κ3) is 7.34. The molecule has 0 radical (unpaired) electrons. The Balaban J connectivity index is 0.000000342. The van der Waals surface area contributed by atoms with E-state index in [1.165, 1.54) is 0 Å². The fourth-order valence-corrected chi connectivity index (χ4v) is 1.47. The molecule has 0 saturated carbocycles. The summed E-state index contributed by atoms with van der Waals surface area (Å²) < 4.78 is 0. The summed E-state index contributed by atoms with van der Waals surface area (Å²) in [6.07, 6.45) is 1.72. The van der Waals surface area contributed by atoms with Gasteiger partial charge in [-0.05, 0) is 25.5 Å². The van der Waals surface area contributed by atoms with Gasteiger partial charge in [-0.1, -0.05) is 19.1 Å². The molecule has 1 aromatic rings. The van der Waals surface area contributed by atoms with E-state index in [9.17, 15) is 14.4 Å². The Morgan fingerprint density at radius 1 is 1.05 bits per heavy atom. The highest BCUT2D eigenvalue weighted by atomic mass is 16.3. The first kappa shape index (κ1) is 18.9. The lowest BCUT2D eigenvalue weighted by molar-refractivity contribution is -0.117. The molecule has 0 aromatic heterocycles. The number of imide groups is 1. The van der Waals surface area contributed by atoms with Crippen LogP contribution < -0.4 is 5.32 Å². The van der Waals surface area contributed by atoms with Crippen LogP contribution in [0.4, 0.5) is 0 Å². The molecule has 0 spiro atoms. The maximum atomic E-state index is 10.9. The van der Waals surface area contributed by atoms with Gasteiger partial charge in [0.1, 0.15) is 5.78 Å². The van der Waals surface area contributed by atoms with E-state index >= 15 is 0 Å². The number of hydrogen-bond donors (Lipinski definition) is 3. The fraction of sp³-hybridized carbons (Fsp3) is 0.400. The van der Waals surface area contributed by atoms with Crippen molar-refractivity contribution in [1.29, 1.82) is 0 Å². The molecule has 0 aliphatic carbocycles. The van der Waals surface area contributed by atoms with Gasteiger partial charge < -0.3 is 15.0 Å². The summed E-state index contributed by atoms with van der Waals surface area (Å²) in [4.78, 5) is 31.9. The maximum Gasteiger partial charge on any atom is 0.258 e. The van der Waals surface area contributed by atoms with Crippen molar-refractivity contribution in [2.75, 3.05) is 13.2 Å². The Bertz CT molecular complexity index is 450. The summed E-state index contributed by atoms with van der Waals surface area (Å²) >= 11 is 0. The number of ketones is 1. The summed E-state index contributed by atoms with van der Waals surface area (Å²) in [6, 6.07) is 6.74. The van der Waals surface area contributed by atoms with E-state index < -0.39 is 0 Å². The van der Waals surface area contributed by atoms with Crippen LogP contribution in [0.3, 0.4) is 0 Å². The Morgan fingerprint density at radius 3 is 1.71 bits per heavy atom. The normalized spacial score (nSPS) is 11.4. The highest BCUT2D eigenvalue weighted by Gasteiger charge is 2.25. The zero-order valence-electron chi connectivity index (χ0n) is 12.3. The van der Waals surface area contributed by atoms with Crippen LogP contribution in [-0.2, 0) is 4.79 Å². The predicted octanol–water partition coefficient (Wildman–Crippen LogP) is 0.917. The average molecular weight is 295 g/mol. The zero-order valence-corrected chi connectivity index (χ0v) is 12.3. The number of carbonyl (C=O) groups excluding carboxylic acids is 3. The first-order chi connectivity index (χ1) is 9.97. The van der Waals surface area contributed by atoms with E-state index in [4.69, 9.17) is 10.2 Å². The number of rotatable bonds is 3. The Morgan fingerprint density at radius 2 is 1.48 bits per heavy atom. The largest absolute Gasteiger partial charge is 0.394 e. The van der Waals surface area contributed by atoms with Gasteiger partial charge in [-0.15, -0.1) is 0 Å². The molecule has 21 heavy (non-hydrogen) atoms. The van der Waals surface area contributed by atoms with Gasteiger partial charge in [-0.25, -0.2) is 0 Å². The van der Waals surface area contributed by atoms with Crippen molar-refractivity contribution in [2.45, 2.75) is 26.7 Å². The molecular formula is C15H21NO5. The summed E-state index contributed by atoms with van der Waals surface area (Å²) in [5, 5.41) is 17.5. The van der Waals surface area contributed by atoms with Gasteiger partial charge in [-0.3, -0.25) is 14.9 Å². The maximum absolute atomic E-state index is 10.9. The van der Waals surface area contributed by atoms with Gasteiger partial charge in [0, 0.05) is 6.42 Å². The van der Waals surface area contributed by atoms with E-state index in [2.05, 4.69) is 5.32 Å². The van der Waals surface area contributed by atoms with Crippen LogP contribution in [0.2, 0.25) is 0 Å². The molecule has 1 aromatic carbocycles. The highest BCUT2D eigenvalue weighted by molar-refractivity contribution is 6.21. The van der Waals surface area contributed by atoms with Crippen molar-refractivity contribution in [3.8, 4) is 0 Å². The van der Waals surface area contributed by atoms with E-state index in [0.717, 1.165) is 12.8 Å². The molecular weight excluding hydrogens is 274 g/mol. The molecule has 6 heteroatoms. The minimum Gasteiger partial charge on any atom is -0.394 e. The zero-order chi connectivity index (χ0) is 16.3. The summed E-state index contributed by atoms with van der Waals surface area (Å²) in [6.45, 7) is 3.37. The summed E-state index contributed by atoms with van der Waals surface area (Å²) in [5.74, 6) is -0.311. The van der Waals surface area contributed by atoms with Crippen molar-refractivity contribution in [2.24, 2.45) is 0 Å². The smallest absolute Gasteiger partial charge is 0.258 e. The number of Topliss-reactive ketones (excluding diaryl/α,β-unsaturated/α-hetero) is 1. The lowest BCUT2D eigenvalue weighted by atomic mass is 10.1. The molecule has 116 valence electrons. The molecule has 1 heterocycles. The monoisotopic (exact) mass is 295 g/mol. The number of aliphatic hydroxyl groups is 2. The Hall–Kier alpha value is -2.05. The summed E-state index contributed by atoms with van der Waals surface area (Å²) in [7, 11) is 0. The van der Waals surface area contributed by atoms with Crippen LogP contribution in [0.25, 0.3) is 0 Å². The number of hydrogen-bond acceptors (Lipinski definition) is 5. The lowest BCUT2D eigenvalue weighted by Crippen LogP contribution is -2.19. The molecule has 0 unspecified atom stereocenters. The van der Waals surface area contributed by atoms with E-state index in [0.29, 0.717) is 11.1 Å². The second-order valence-electron chi connectivity index (χ2n) is 4.23. The Kier molecular flexibility index (Phi) is 9.66. The first-order valence-corrected chi connectivity index (χ1v) is 6.63. The third-order valence-electron chi connectivity index (χ3n) is 2.35. The van der Waals surface area contributed by atoms with E-state index in [1.807, 2.05) is 6.92 Å². The number of amides is 2. The molecule has 2 amide bonds. The van der Waals surface area contributed by atoms with E-state index in [-0.39, 0.29) is 30.8 Å². The van der Waals surface area contributed by atoms with E-state index in [1.54, 1.807) is 31.2 Å². The quantitative estimate of drug-likeness (QED) is 0.719. The highest BCUT2D eigenvalue weighted by Crippen LogP contribution is 2.13. The minimum atomic E-state index is -0.300. The number of fused-ring (bicyclic) bond motifs is 1. The predicted molar refractivity (Wildman–Crippen MR) is 78.0 cm³/mol. The molecule has 3 N–H and O–H groups in total. The lowest BCUT2D eigenvalue weighted by Gasteiger charge is -1.88. The van der Waals surface area contributed by atoms with Crippen LogP contribution in [0.5, 0.6) is 0 Å². The van der Waals surface area contributed by atoms with Crippen molar-refractivity contribution < 1.29 is 24.6 Å². The molecule has 1 aliphatic heterocycles. The third-order valence-corrected chi connectivity index (χ3v) is 2.35. The standard InChI is InChI=1S/C8H5NO2.C5H10O.C2H6O2/c10-7-5-3-1-2-4-6(5)8(11)9-7;1-3-4-5(2)6;3-1-2-4/h1-4H,(H,9,10,11);3-4H2,1-2H3;3-4H,1-2H2. The van der Waals surface area contributed by atoms with Gasteiger partial charge in [0.2, 0.25) is 0 Å². The molecule has 0 atom stereocenters. The second kappa shape index (κ2) is 10.7. The fourth-order valence-electron chi connectivity index (χ4n) is 1.47. The summed E-state index contributed by atoms with van der Waals surface area (Å²) in [5.41, 5.74) is 0.940. The van der Waals surface area contributed by atoms with Crippen LogP contribution in [0, 0.1) is 0 Å². The van der Waals surface area contributed by atoms with Crippen LogP contribution in [0.15, 0.2) is 24.3 Å². The Labute approximate surface area is 123 Å². The van der Waals surface area contributed by atoms with Crippen molar-refractivity contribution in [3.63, 3.8) is 0 Å². The average Bonchev–Trinajstić information content (AvgIpc) is 2.75. The van der Waals surface area contributed by atoms with Gasteiger partial charge in [0.15, 0.2) is 0 Å². The number of benzene rings is 1.